The van der Waals surface area contributed by atoms with Gasteiger partial charge in [-0.2, -0.15) is 0 Å². The van der Waals surface area contributed by atoms with Crippen LogP contribution >= 0.6 is 0 Å². The molecular formula is C19H29NO. The van der Waals surface area contributed by atoms with Crippen molar-refractivity contribution >= 4 is 5.69 Å². The van der Waals surface area contributed by atoms with Crippen LogP contribution in [-0.2, 0) is 4.74 Å². The van der Waals surface area contributed by atoms with E-state index in [9.17, 15) is 0 Å². The molecule has 0 N–H and O–H groups in total. The highest BCUT2D eigenvalue weighted by Gasteiger charge is 2.49. The van der Waals surface area contributed by atoms with Gasteiger partial charge in [0.1, 0.15) is 0 Å². The molecule has 0 amide bonds. The van der Waals surface area contributed by atoms with Crippen molar-refractivity contribution < 1.29 is 4.74 Å². The van der Waals surface area contributed by atoms with Crippen LogP contribution in [-0.4, -0.2) is 25.8 Å². The van der Waals surface area contributed by atoms with E-state index in [1.54, 1.807) is 0 Å². The van der Waals surface area contributed by atoms with Gasteiger partial charge in [-0.15, -0.1) is 0 Å². The highest BCUT2D eigenvalue weighted by molar-refractivity contribution is 5.47. The van der Waals surface area contributed by atoms with E-state index >= 15 is 0 Å². The Morgan fingerprint density at radius 1 is 1.00 bits per heavy atom. The number of ether oxygens (including phenoxy) is 1. The van der Waals surface area contributed by atoms with Crippen LogP contribution in [0.1, 0.15) is 51.5 Å². The van der Waals surface area contributed by atoms with Crippen molar-refractivity contribution in [1.29, 1.82) is 0 Å². The molecule has 0 aliphatic heterocycles. The fraction of sp³-hybridized carbons (Fsp3) is 0.684. The van der Waals surface area contributed by atoms with Crippen molar-refractivity contribution in [3.8, 4) is 0 Å². The van der Waals surface area contributed by atoms with E-state index < -0.39 is 0 Å². The van der Waals surface area contributed by atoms with Gasteiger partial charge < -0.3 is 9.64 Å². The molecule has 2 heteroatoms. The Hall–Kier alpha value is -1.02. The van der Waals surface area contributed by atoms with Crippen LogP contribution in [0.25, 0.3) is 0 Å². The average molecular weight is 287 g/mol. The zero-order chi connectivity index (χ0) is 15.2. The molecule has 2 bridgehead atoms. The first-order chi connectivity index (χ1) is 9.85. The van der Waals surface area contributed by atoms with E-state index in [4.69, 9.17) is 4.74 Å². The summed E-state index contributed by atoms with van der Waals surface area (Å²) < 4.78 is 6.47. The first-order valence-electron chi connectivity index (χ1n) is 8.30. The van der Waals surface area contributed by atoms with Gasteiger partial charge in [-0.1, -0.05) is 12.1 Å². The molecule has 0 aromatic heterocycles. The van der Waals surface area contributed by atoms with Gasteiger partial charge in [0.25, 0.3) is 0 Å². The summed E-state index contributed by atoms with van der Waals surface area (Å²) in [6.07, 6.45) is 4.52. The topological polar surface area (TPSA) is 12.5 Å². The van der Waals surface area contributed by atoms with Crippen LogP contribution in [0.15, 0.2) is 24.3 Å². The normalized spacial score (nSPS) is 31.7. The molecule has 2 aliphatic carbocycles. The molecule has 4 atom stereocenters. The molecule has 0 unspecified atom stereocenters. The lowest BCUT2D eigenvalue weighted by atomic mass is 9.81. The predicted molar refractivity (Wildman–Crippen MR) is 89.0 cm³/mol. The fourth-order valence-corrected chi connectivity index (χ4v) is 4.27. The molecular weight excluding hydrogens is 258 g/mol. The van der Waals surface area contributed by atoms with Crippen molar-refractivity contribution in [2.24, 2.45) is 11.8 Å². The number of rotatable bonds is 3. The van der Waals surface area contributed by atoms with E-state index in [0.717, 1.165) is 11.8 Å². The molecule has 116 valence electrons. The van der Waals surface area contributed by atoms with Crippen LogP contribution < -0.4 is 4.90 Å². The monoisotopic (exact) mass is 287 g/mol. The molecule has 1 aromatic rings. The molecule has 2 aliphatic rings. The summed E-state index contributed by atoms with van der Waals surface area (Å²) in [5.41, 5.74) is 2.70. The first kappa shape index (κ1) is 14.9. The number of benzene rings is 1. The maximum absolute atomic E-state index is 6.47. The van der Waals surface area contributed by atoms with Crippen LogP contribution in [0.3, 0.4) is 0 Å². The van der Waals surface area contributed by atoms with E-state index in [2.05, 4.69) is 64.0 Å². The van der Waals surface area contributed by atoms with Gasteiger partial charge in [0.2, 0.25) is 0 Å². The highest BCUT2D eigenvalue weighted by atomic mass is 16.5. The molecule has 0 heterocycles. The number of fused-ring (bicyclic) bond motifs is 2. The smallest absolute Gasteiger partial charge is 0.0681 e. The standard InChI is InChI=1S/C19H29NO/c1-19(2,3)21-18-15-7-6-14(12-15)17(18)13-8-10-16(11-9-13)20(4)5/h8-11,14-15,17-18H,6-7,12H2,1-5H3/t14-,15+,17-,18-/m1/s1. The Kier molecular flexibility index (Phi) is 3.77. The van der Waals surface area contributed by atoms with E-state index in [0.29, 0.717) is 12.0 Å². The number of nitrogens with zero attached hydrogens (tertiary/aromatic N) is 1. The maximum atomic E-state index is 6.47. The first-order valence-corrected chi connectivity index (χ1v) is 8.30. The van der Waals surface area contributed by atoms with Gasteiger partial charge in [0, 0.05) is 25.7 Å². The lowest BCUT2D eigenvalue weighted by Gasteiger charge is -2.36. The number of anilines is 1. The molecule has 0 radical (unpaired) electrons. The van der Waals surface area contributed by atoms with Gasteiger partial charge in [0.05, 0.1) is 11.7 Å². The Morgan fingerprint density at radius 2 is 1.62 bits per heavy atom. The Morgan fingerprint density at radius 3 is 2.19 bits per heavy atom. The second kappa shape index (κ2) is 5.31. The third kappa shape index (κ3) is 2.96. The molecule has 0 spiro atoms. The molecule has 2 fully saturated rings. The molecule has 2 nitrogen and oxygen atoms in total. The fourth-order valence-electron chi connectivity index (χ4n) is 4.27. The summed E-state index contributed by atoms with van der Waals surface area (Å²) in [6.45, 7) is 6.56. The van der Waals surface area contributed by atoms with E-state index in [1.165, 1.54) is 30.5 Å². The predicted octanol–water partition coefficient (Wildman–Crippen LogP) is 4.45. The Balaban J connectivity index is 1.84. The minimum atomic E-state index is -0.0447. The summed E-state index contributed by atoms with van der Waals surface area (Å²) in [4.78, 5) is 2.16. The number of hydrogen-bond donors (Lipinski definition) is 0. The molecule has 1 aromatic carbocycles. The lowest BCUT2D eigenvalue weighted by molar-refractivity contribution is -0.0904. The van der Waals surface area contributed by atoms with Crippen molar-refractivity contribution in [3.63, 3.8) is 0 Å². The zero-order valence-electron chi connectivity index (χ0n) is 14.1. The quantitative estimate of drug-likeness (QED) is 0.814. The third-order valence-corrected chi connectivity index (χ3v) is 5.12. The Labute approximate surface area is 129 Å². The van der Waals surface area contributed by atoms with Gasteiger partial charge in [0.15, 0.2) is 0 Å². The summed E-state index contributed by atoms with van der Waals surface area (Å²) in [7, 11) is 4.19. The van der Waals surface area contributed by atoms with Gasteiger partial charge in [-0.3, -0.25) is 0 Å². The molecule has 3 rings (SSSR count). The second-order valence-electron chi connectivity index (χ2n) is 8.04. The maximum Gasteiger partial charge on any atom is 0.0681 e. The zero-order valence-corrected chi connectivity index (χ0v) is 14.1. The van der Waals surface area contributed by atoms with Crippen molar-refractivity contribution in [2.75, 3.05) is 19.0 Å². The largest absolute Gasteiger partial charge is 0.378 e. The molecule has 21 heavy (non-hydrogen) atoms. The number of hydrogen-bond acceptors (Lipinski definition) is 2. The van der Waals surface area contributed by atoms with Crippen LogP contribution in [0.2, 0.25) is 0 Å². The third-order valence-electron chi connectivity index (χ3n) is 5.12. The van der Waals surface area contributed by atoms with Crippen LogP contribution in [0.5, 0.6) is 0 Å². The lowest BCUT2D eigenvalue weighted by Crippen LogP contribution is -2.35. The van der Waals surface area contributed by atoms with Crippen molar-refractivity contribution in [2.45, 2.75) is 57.7 Å². The SMILES string of the molecule is CN(C)c1ccc([C@@H]2[C@@H]3CC[C@@H](C3)[C@H]2OC(C)(C)C)cc1. The van der Waals surface area contributed by atoms with Gasteiger partial charge >= 0.3 is 0 Å². The molecule has 2 saturated carbocycles. The summed E-state index contributed by atoms with van der Waals surface area (Å²) >= 11 is 0. The second-order valence-corrected chi connectivity index (χ2v) is 8.04. The Bertz CT molecular complexity index is 485. The minimum absolute atomic E-state index is 0.0447. The molecule has 0 saturated heterocycles. The average Bonchev–Trinajstić information content (AvgIpc) is 2.98. The van der Waals surface area contributed by atoms with E-state index in [1.807, 2.05) is 0 Å². The minimum Gasteiger partial charge on any atom is -0.378 e. The van der Waals surface area contributed by atoms with Gasteiger partial charge in [-0.05, 0) is 69.6 Å². The van der Waals surface area contributed by atoms with Crippen molar-refractivity contribution in [3.05, 3.63) is 29.8 Å². The van der Waals surface area contributed by atoms with Crippen LogP contribution in [0.4, 0.5) is 5.69 Å². The summed E-state index contributed by atoms with van der Waals surface area (Å²) in [5, 5.41) is 0. The summed E-state index contributed by atoms with van der Waals surface area (Å²) in [6, 6.07) is 9.13. The summed E-state index contributed by atoms with van der Waals surface area (Å²) in [5.74, 6) is 2.19. The van der Waals surface area contributed by atoms with E-state index in [-0.39, 0.29) is 5.60 Å². The van der Waals surface area contributed by atoms with Crippen LogP contribution in [0, 0.1) is 11.8 Å². The van der Waals surface area contributed by atoms with Gasteiger partial charge in [-0.25, -0.2) is 0 Å². The highest BCUT2D eigenvalue weighted by Crippen LogP contribution is 2.55. The van der Waals surface area contributed by atoms with Crippen molar-refractivity contribution in [1.82, 2.24) is 0 Å².